The first kappa shape index (κ1) is 23.4. The molecule has 3 aromatic rings. The summed E-state index contributed by atoms with van der Waals surface area (Å²) in [6.45, 7) is 1.63. The highest BCUT2D eigenvalue weighted by atomic mass is 19.1. The second kappa shape index (κ2) is 10.9. The average Bonchev–Trinajstić information content (AvgIpc) is 3.24. The van der Waals surface area contributed by atoms with Gasteiger partial charge in [-0.15, -0.1) is 0 Å². The van der Waals surface area contributed by atoms with Gasteiger partial charge in [0.1, 0.15) is 29.8 Å². The molecule has 1 aromatic carbocycles. The van der Waals surface area contributed by atoms with Crippen LogP contribution in [0.4, 0.5) is 30.6 Å². The average molecular weight is 477 g/mol. The van der Waals surface area contributed by atoms with Crippen LogP contribution >= 0.6 is 0 Å². The molecule has 2 aromatic heterocycles. The van der Waals surface area contributed by atoms with E-state index in [9.17, 15) is 18.0 Å². The highest BCUT2D eigenvalue weighted by Crippen LogP contribution is 2.17. The lowest BCUT2D eigenvalue weighted by molar-refractivity contribution is -0.124. The van der Waals surface area contributed by atoms with Gasteiger partial charge in [-0.05, 0) is 6.07 Å². The molecule has 1 atom stereocenters. The lowest BCUT2D eigenvalue weighted by Gasteiger charge is -2.23. The molecule has 1 amide bonds. The molecule has 1 unspecified atom stereocenters. The van der Waals surface area contributed by atoms with Gasteiger partial charge in [0, 0.05) is 43.2 Å². The Morgan fingerprint density at radius 1 is 1.21 bits per heavy atom. The van der Waals surface area contributed by atoms with E-state index in [1.54, 1.807) is 6.20 Å². The number of aromatic nitrogens is 4. The maximum atomic E-state index is 13.8. The van der Waals surface area contributed by atoms with Gasteiger partial charge in [-0.2, -0.15) is 10.1 Å². The molecule has 3 N–H and O–H groups in total. The zero-order valence-electron chi connectivity index (χ0n) is 17.9. The van der Waals surface area contributed by atoms with Gasteiger partial charge in [-0.3, -0.25) is 9.48 Å². The highest BCUT2D eigenvalue weighted by molar-refractivity contribution is 5.75. The largest absolute Gasteiger partial charge is 0.376 e. The standard InChI is InChI=1S/C21H22F3N7O3/c22-13-5-17(23)16(18(24)6-13)9-26-19-1-2-25-21(30-19)29-14-7-28-31(10-14)11-20(32)27-8-15-12-33-3-4-34-15/h1-2,5-7,10,15H,3-4,8-9,11-12H2,(H,27,32)(H2,25,26,29,30). The Bertz CT molecular complexity index is 1120. The number of benzene rings is 1. The van der Waals surface area contributed by atoms with Crippen molar-refractivity contribution in [1.29, 1.82) is 0 Å². The summed E-state index contributed by atoms with van der Waals surface area (Å²) in [4.78, 5) is 20.4. The molecule has 10 nitrogen and oxygen atoms in total. The molecule has 1 aliphatic rings. The highest BCUT2D eigenvalue weighted by Gasteiger charge is 2.16. The number of halogens is 3. The maximum absolute atomic E-state index is 13.8. The number of nitrogens with zero attached hydrogens (tertiary/aromatic N) is 4. The third-order valence-corrected chi connectivity index (χ3v) is 4.81. The smallest absolute Gasteiger partial charge is 0.241 e. The third kappa shape index (κ3) is 6.42. The molecule has 13 heteroatoms. The van der Waals surface area contributed by atoms with Gasteiger partial charge in [-0.1, -0.05) is 0 Å². The predicted octanol–water partition coefficient (Wildman–Crippen LogP) is 1.98. The molecule has 0 bridgehead atoms. The van der Waals surface area contributed by atoms with Crippen LogP contribution in [0, 0.1) is 17.5 Å². The van der Waals surface area contributed by atoms with Gasteiger partial charge >= 0.3 is 0 Å². The molecule has 0 aliphatic carbocycles. The van der Waals surface area contributed by atoms with Crippen molar-refractivity contribution < 1.29 is 27.4 Å². The maximum Gasteiger partial charge on any atom is 0.241 e. The molecule has 34 heavy (non-hydrogen) atoms. The van der Waals surface area contributed by atoms with Crippen molar-refractivity contribution in [3.05, 3.63) is 59.8 Å². The lowest BCUT2D eigenvalue weighted by Crippen LogP contribution is -2.40. The Balaban J connectivity index is 1.29. The van der Waals surface area contributed by atoms with Crippen LogP contribution in [0.2, 0.25) is 0 Å². The monoisotopic (exact) mass is 477 g/mol. The quantitative estimate of drug-likeness (QED) is 0.429. The van der Waals surface area contributed by atoms with Crippen LogP contribution in [0.15, 0.2) is 36.8 Å². The van der Waals surface area contributed by atoms with Crippen molar-refractivity contribution >= 4 is 23.4 Å². The van der Waals surface area contributed by atoms with Crippen molar-refractivity contribution in [1.82, 2.24) is 25.1 Å². The molecular formula is C21H22F3N7O3. The fourth-order valence-electron chi connectivity index (χ4n) is 3.17. The summed E-state index contributed by atoms with van der Waals surface area (Å²) in [5.74, 6) is -2.71. The Morgan fingerprint density at radius 2 is 2.03 bits per heavy atom. The summed E-state index contributed by atoms with van der Waals surface area (Å²) in [5.41, 5.74) is 0.223. The second-order valence-corrected chi connectivity index (χ2v) is 7.39. The molecule has 3 heterocycles. The molecule has 1 fully saturated rings. The first-order valence-corrected chi connectivity index (χ1v) is 10.4. The van der Waals surface area contributed by atoms with E-state index >= 15 is 0 Å². The molecule has 0 radical (unpaired) electrons. The molecule has 1 aliphatic heterocycles. The number of rotatable bonds is 9. The van der Waals surface area contributed by atoms with E-state index in [4.69, 9.17) is 9.47 Å². The van der Waals surface area contributed by atoms with E-state index in [1.165, 1.54) is 23.1 Å². The Labute approximate surface area is 192 Å². The van der Waals surface area contributed by atoms with Crippen molar-refractivity contribution in [3.8, 4) is 0 Å². The zero-order valence-corrected chi connectivity index (χ0v) is 17.9. The van der Waals surface area contributed by atoms with E-state index in [0.717, 1.165) is 0 Å². The van der Waals surface area contributed by atoms with Crippen molar-refractivity contribution in [2.45, 2.75) is 19.2 Å². The van der Waals surface area contributed by atoms with Crippen LogP contribution in [0.1, 0.15) is 5.56 Å². The summed E-state index contributed by atoms with van der Waals surface area (Å²) >= 11 is 0. The Morgan fingerprint density at radius 3 is 2.79 bits per heavy atom. The van der Waals surface area contributed by atoms with Crippen molar-refractivity contribution in [3.63, 3.8) is 0 Å². The number of amides is 1. The van der Waals surface area contributed by atoms with E-state index in [1.807, 2.05) is 0 Å². The second-order valence-electron chi connectivity index (χ2n) is 7.39. The van der Waals surface area contributed by atoms with E-state index in [2.05, 4.69) is 31.0 Å². The molecule has 180 valence electrons. The number of hydrogen-bond acceptors (Lipinski definition) is 8. The SMILES string of the molecule is O=C(Cn1cc(Nc2nccc(NCc3c(F)cc(F)cc3F)n2)cn1)NCC1COCCO1. The lowest BCUT2D eigenvalue weighted by atomic mass is 10.2. The van der Waals surface area contributed by atoms with Gasteiger partial charge in [-0.25, -0.2) is 18.2 Å². The van der Waals surface area contributed by atoms with Gasteiger partial charge in [0.25, 0.3) is 0 Å². The third-order valence-electron chi connectivity index (χ3n) is 4.81. The minimum absolute atomic E-state index is 0.00646. The first-order valence-electron chi connectivity index (χ1n) is 10.4. The van der Waals surface area contributed by atoms with Crippen LogP contribution in [-0.4, -0.2) is 58.1 Å². The minimum atomic E-state index is -0.992. The zero-order chi connectivity index (χ0) is 23.9. The molecule has 4 rings (SSSR count). The van der Waals surface area contributed by atoms with Crippen LogP contribution in [0.5, 0.6) is 0 Å². The minimum Gasteiger partial charge on any atom is -0.376 e. The van der Waals surface area contributed by atoms with Crippen LogP contribution in [0.25, 0.3) is 0 Å². The van der Waals surface area contributed by atoms with E-state index in [-0.39, 0.29) is 36.6 Å². The molecule has 0 saturated carbocycles. The van der Waals surface area contributed by atoms with Crippen LogP contribution in [-0.2, 0) is 27.4 Å². The summed E-state index contributed by atoms with van der Waals surface area (Å²) < 4.78 is 52.9. The first-order chi connectivity index (χ1) is 16.5. The van der Waals surface area contributed by atoms with Gasteiger partial charge < -0.3 is 25.4 Å². The fraction of sp³-hybridized carbons (Fsp3) is 0.333. The van der Waals surface area contributed by atoms with Gasteiger partial charge in [0.2, 0.25) is 11.9 Å². The molecule has 0 spiro atoms. The summed E-state index contributed by atoms with van der Waals surface area (Å²) in [6.07, 6.45) is 4.39. The summed E-state index contributed by atoms with van der Waals surface area (Å²) in [6, 6.07) is 2.74. The van der Waals surface area contributed by atoms with Gasteiger partial charge in [0.05, 0.1) is 37.8 Å². The number of nitrogens with one attached hydrogen (secondary N) is 3. The Hall–Kier alpha value is -3.71. The number of ether oxygens (including phenoxy) is 2. The topological polar surface area (TPSA) is 115 Å². The van der Waals surface area contributed by atoms with E-state index in [0.29, 0.717) is 50.0 Å². The number of hydrogen-bond donors (Lipinski definition) is 3. The summed E-state index contributed by atoms with van der Waals surface area (Å²) in [5, 5.41) is 12.6. The van der Waals surface area contributed by atoms with Gasteiger partial charge in [0.15, 0.2) is 0 Å². The van der Waals surface area contributed by atoms with Crippen LogP contribution in [0.3, 0.4) is 0 Å². The number of carbonyl (C=O) groups is 1. The fourth-order valence-corrected chi connectivity index (χ4v) is 3.17. The van der Waals surface area contributed by atoms with Crippen molar-refractivity contribution in [2.24, 2.45) is 0 Å². The Kier molecular flexibility index (Phi) is 7.54. The number of carbonyl (C=O) groups excluding carboxylic acids is 1. The normalized spacial score (nSPS) is 15.7. The molecular weight excluding hydrogens is 455 g/mol. The number of anilines is 3. The van der Waals surface area contributed by atoms with E-state index < -0.39 is 17.5 Å². The molecule has 1 saturated heterocycles. The predicted molar refractivity (Wildman–Crippen MR) is 115 cm³/mol. The van der Waals surface area contributed by atoms with Crippen molar-refractivity contribution in [2.75, 3.05) is 37.0 Å². The summed E-state index contributed by atoms with van der Waals surface area (Å²) in [7, 11) is 0. The van der Waals surface area contributed by atoms with Crippen LogP contribution < -0.4 is 16.0 Å².